The van der Waals surface area contributed by atoms with E-state index in [1.807, 2.05) is 6.92 Å². The van der Waals surface area contributed by atoms with E-state index in [2.05, 4.69) is 10.6 Å². The minimum atomic E-state index is -0.578. The average Bonchev–Trinajstić information content (AvgIpc) is 2.85. The van der Waals surface area contributed by atoms with Gasteiger partial charge in [0.1, 0.15) is 6.54 Å². The highest BCUT2D eigenvalue weighted by Gasteiger charge is 2.15. The van der Waals surface area contributed by atoms with Crippen LogP contribution in [0.15, 0.2) is 58.1 Å². The van der Waals surface area contributed by atoms with Crippen LogP contribution in [0.2, 0.25) is 0 Å². The van der Waals surface area contributed by atoms with Crippen LogP contribution in [0.1, 0.15) is 49.9 Å². The lowest BCUT2D eigenvalue weighted by Crippen LogP contribution is -2.41. The predicted octanol–water partition coefficient (Wildman–Crippen LogP) is 2.70. The molecule has 9 heteroatoms. The summed E-state index contributed by atoms with van der Waals surface area (Å²) in [6.45, 7) is 3.92. The topological polar surface area (TPSA) is 119 Å². The summed E-state index contributed by atoms with van der Waals surface area (Å²) in [4.78, 5) is 62.2. The highest BCUT2D eigenvalue weighted by molar-refractivity contribution is 5.95. The number of unbranched alkanes of at least 4 members (excludes halogenated alkanes) is 1. The van der Waals surface area contributed by atoms with Gasteiger partial charge in [-0.1, -0.05) is 19.1 Å². The molecule has 0 spiro atoms. The Labute approximate surface area is 202 Å². The van der Waals surface area contributed by atoms with E-state index in [1.54, 1.807) is 48.5 Å². The van der Waals surface area contributed by atoms with Gasteiger partial charge in [-0.05, 0) is 62.6 Å². The number of carbonyl (C=O) groups excluding carboxylic acids is 3. The van der Waals surface area contributed by atoms with E-state index in [-0.39, 0.29) is 24.8 Å². The van der Waals surface area contributed by atoms with Crippen molar-refractivity contribution in [2.75, 3.05) is 11.9 Å². The number of nitrogens with zero attached hydrogens (tertiary/aromatic N) is 2. The number of benzene rings is 2. The molecule has 2 amide bonds. The quantitative estimate of drug-likeness (QED) is 0.324. The summed E-state index contributed by atoms with van der Waals surface area (Å²) in [6.07, 6.45) is 2.18. The van der Waals surface area contributed by atoms with Gasteiger partial charge in [-0.2, -0.15) is 0 Å². The molecule has 1 heterocycles. The molecule has 2 N–H and O–H groups in total. The van der Waals surface area contributed by atoms with E-state index < -0.39 is 17.2 Å². The number of carbonyl (C=O) groups is 3. The number of hydrogen-bond donors (Lipinski definition) is 2. The maximum absolute atomic E-state index is 13.2. The molecule has 0 saturated carbocycles. The minimum absolute atomic E-state index is 0.0527. The first-order chi connectivity index (χ1) is 16.8. The standard InChI is InChI=1S/C26H30N4O5/c1-3-15-27-23(32)10-6-7-16-29-25(34)21-8-4-5-9-22(21)30(26(29)35)17-24(33)28-20-13-11-19(12-14-20)18(2)31/h4-5,8-9,11-14H,3,6-7,10,15-17H2,1-2H3,(H,27,32)(H,28,33). The summed E-state index contributed by atoms with van der Waals surface area (Å²) in [6, 6.07) is 13.1. The van der Waals surface area contributed by atoms with Crippen molar-refractivity contribution in [2.45, 2.75) is 52.6 Å². The van der Waals surface area contributed by atoms with Crippen molar-refractivity contribution in [2.24, 2.45) is 0 Å². The Bertz CT molecular complexity index is 1340. The van der Waals surface area contributed by atoms with Gasteiger partial charge in [0, 0.05) is 30.8 Å². The van der Waals surface area contributed by atoms with Crippen LogP contribution in [0.3, 0.4) is 0 Å². The van der Waals surface area contributed by atoms with Gasteiger partial charge in [0.05, 0.1) is 10.9 Å². The lowest BCUT2D eigenvalue weighted by atomic mass is 10.1. The molecule has 0 unspecified atom stereocenters. The number of para-hydroxylation sites is 1. The van der Waals surface area contributed by atoms with Crippen LogP contribution in [0.5, 0.6) is 0 Å². The van der Waals surface area contributed by atoms with Crippen molar-refractivity contribution in [3.8, 4) is 0 Å². The summed E-state index contributed by atoms with van der Waals surface area (Å²) >= 11 is 0. The summed E-state index contributed by atoms with van der Waals surface area (Å²) < 4.78 is 2.41. The maximum Gasteiger partial charge on any atom is 0.331 e. The van der Waals surface area contributed by atoms with E-state index in [9.17, 15) is 24.0 Å². The second-order valence-electron chi connectivity index (χ2n) is 8.33. The van der Waals surface area contributed by atoms with Crippen molar-refractivity contribution >= 4 is 34.2 Å². The lowest BCUT2D eigenvalue weighted by Gasteiger charge is -2.14. The first-order valence-electron chi connectivity index (χ1n) is 11.7. The van der Waals surface area contributed by atoms with Crippen LogP contribution < -0.4 is 21.9 Å². The third-order valence-electron chi connectivity index (χ3n) is 5.62. The molecule has 0 fully saturated rings. The van der Waals surface area contributed by atoms with Gasteiger partial charge in [-0.3, -0.25) is 28.3 Å². The first kappa shape index (κ1) is 25.6. The van der Waals surface area contributed by atoms with Crippen LogP contribution in [-0.4, -0.2) is 33.3 Å². The summed E-state index contributed by atoms with van der Waals surface area (Å²) in [5.74, 6) is -0.571. The maximum atomic E-state index is 13.2. The second-order valence-corrected chi connectivity index (χ2v) is 8.33. The van der Waals surface area contributed by atoms with E-state index in [1.165, 1.54) is 11.5 Å². The number of anilines is 1. The number of aromatic nitrogens is 2. The molecule has 0 radical (unpaired) electrons. The number of Topliss-reactive ketones (excluding diaryl/α,β-unsaturated/α-hetero) is 1. The Balaban J connectivity index is 1.79. The number of rotatable bonds is 11. The molecular formula is C26H30N4O5. The monoisotopic (exact) mass is 478 g/mol. The third-order valence-corrected chi connectivity index (χ3v) is 5.62. The summed E-state index contributed by atoms with van der Waals surface area (Å²) in [7, 11) is 0. The lowest BCUT2D eigenvalue weighted by molar-refractivity contribution is -0.121. The number of hydrogen-bond acceptors (Lipinski definition) is 5. The van der Waals surface area contributed by atoms with Gasteiger partial charge in [0.25, 0.3) is 5.56 Å². The van der Waals surface area contributed by atoms with E-state index >= 15 is 0 Å². The molecule has 9 nitrogen and oxygen atoms in total. The molecule has 184 valence electrons. The largest absolute Gasteiger partial charge is 0.356 e. The van der Waals surface area contributed by atoms with E-state index in [4.69, 9.17) is 0 Å². The Morgan fingerprint density at radius 3 is 2.29 bits per heavy atom. The van der Waals surface area contributed by atoms with Crippen LogP contribution in [0.25, 0.3) is 10.9 Å². The fraction of sp³-hybridized carbons (Fsp3) is 0.346. The molecule has 3 aromatic rings. The van der Waals surface area contributed by atoms with Gasteiger partial charge < -0.3 is 10.6 Å². The smallest absolute Gasteiger partial charge is 0.331 e. The number of nitrogens with one attached hydrogen (secondary N) is 2. The molecule has 35 heavy (non-hydrogen) atoms. The third kappa shape index (κ3) is 6.53. The van der Waals surface area contributed by atoms with Gasteiger partial charge in [-0.15, -0.1) is 0 Å². The van der Waals surface area contributed by atoms with Crippen LogP contribution >= 0.6 is 0 Å². The number of amides is 2. The van der Waals surface area contributed by atoms with Gasteiger partial charge in [0.2, 0.25) is 11.8 Å². The molecule has 0 bridgehead atoms. The van der Waals surface area contributed by atoms with Crippen molar-refractivity contribution in [1.29, 1.82) is 0 Å². The molecule has 0 aliphatic rings. The van der Waals surface area contributed by atoms with Gasteiger partial charge in [-0.25, -0.2) is 4.79 Å². The fourth-order valence-electron chi connectivity index (χ4n) is 3.76. The molecule has 0 aliphatic heterocycles. The van der Waals surface area contributed by atoms with Crippen LogP contribution in [0, 0.1) is 0 Å². The van der Waals surface area contributed by atoms with E-state index in [0.717, 1.165) is 11.0 Å². The zero-order valence-electron chi connectivity index (χ0n) is 20.0. The van der Waals surface area contributed by atoms with Gasteiger partial charge >= 0.3 is 5.69 Å². The Morgan fingerprint density at radius 2 is 1.60 bits per heavy atom. The van der Waals surface area contributed by atoms with Crippen LogP contribution in [-0.2, 0) is 22.7 Å². The van der Waals surface area contributed by atoms with Crippen molar-refractivity contribution in [3.05, 3.63) is 74.9 Å². The second kappa shape index (κ2) is 11.9. The molecular weight excluding hydrogens is 448 g/mol. The average molecular weight is 479 g/mol. The Hall–Kier alpha value is -4.01. The first-order valence-corrected chi connectivity index (χ1v) is 11.7. The summed E-state index contributed by atoms with van der Waals surface area (Å²) in [5, 5.41) is 5.86. The van der Waals surface area contributed by atoms with Crippen molar-refractivity contribution in [1.82, 2.24) is 14.5 Å². The van der Waals surface area contributed by atoms with Crippen molar-refractivity contribution in [3.63, 3.8) is 0 Å². The zero-order chi connectivity index (χ0) is 25.4. The Morgan fingerprint density at radius 1 is 0.886 bits per heavy atom. The SMILES string of the molecule is CCCNC(=O)CCCCn1c(=O)c2ccccc2n(CC(=O)Nc2ccc(C(C)=O)cc2)c1=O. The Kier molecular flexibility index (Phi) is 8.72. The molecule has 0 atom stereocenters. The zero-order valence-corrected chi connectivity index (χ0v) is 20.0. The number of fused-ring (bicyclic) bond motifs is 1. The van der Waals surface area contributed by atoms with Crippen molar-refractivity contribution < 1.29 is 14.4 Å². The normalized spacial score (nSPS) is 10.8. The van der Waals surface area contributed by atoms with Crippen LogP contribution in [0.4, 0.5) is 5.69 Å². The molecule has 0 saturated heterocycles. The molecule has 2 aromatic carbocycles. The molecule has 0 aliphatic carbocycles. The fourth-order valence-corrected chi connectivity index (χ4v) is 3.76. The minimum Gasteiger partial charge on any atom is -0.356 e. The predicted molar refractivity (Wildman–Crippen MR) is 135 cm³/mol. The molecule has 1 aromatic heterocycles. The van der Waals surface area contributed by atoms with E-state index in [0.29, 0.717) is 48.0 Å². The highest BCUT2D eigenvalue weighted by Crippen LogP contribution is 2.12. The molecule has 3 rings (SSSR count). The van der Waals surface area contributed by atoms with Gasteiger partial charge in [0.15, 0.2) is 5.78 Å². The summed E-state index contributed by atoms with van der Waals surface area (Å²) in [5.41, 5.74) is 0.399. The number of ketones is 1. The highest BCUT2D eigenvalue weighted by atomic mass is 16.2.